The molecule has 0 aliphatic carbocycles. The molecule has 1 spiro atoms. The van der Waals surface area contributed by atoms with Crippen molar-refractivity contribution in [1.29, 1.82) is 0 Å². The number of hydrogen-bond acceptors (Lipinski definition) is 5. The maximum atomic E-state index is 13.5. The Morgan fingerprint density at radius 2 is 1.64 bits per heavy atom. The van der Waals surface area contributed by atoms with E-state index in [4.69, 9.17) is 4.74 Å². The molecule has 0 saturated carbocycles. The zero-order chi connectivity index (χ0) is 23.1. The van der Waals surface area contributed by atoms with E-state index in [1.807, 2.05) is 35.2 Å². The summed E-state index contributed by atoms with van der Waals surface area (Å²) in [5, 5.41) is 1.65. The lowest BCUT2D eigenvalue weighted by atomic mass is 10.0. The second-order valence-corrected chi connectivity index (χ2v) is 11.7. The molecule has 3 aromatic rings. The molecule has 2 saturated heterocycles. The normalized spacial score (nSPS) is 18.6. The smallest absolute Gasteiger partial charge is 0.255 e. The van der Waals surface area contributed by atoms with Gasteiger partial charge < -0.3 is 9.64 Å². The maximum Gasteiger partial charge on any atom is 0.255 e. The summed E-state index contributed by atoms with van der Waals surface area (Å²) in [6.45, 7) is 1.46. The van der Waals surface area contributed by atoms with E-state index in [-0.39, 0.29) is 10.8 Å². The zero-order valence-electron chi connectivity index (χ0n) is 18.4. The molecule has 0 aromatic heterocycles. The summed E-state index contributed by atoms with van der Waals surface area (Å²) < 4.78 is 33.8. The van der Waals surface area contributed by atoms with E-state index < -0.39 is 10.0 Å². The number of methoxy groups -OCH3 is 1. The van der Waals surface area contributed by atoms with Gasteiger partial charge in [0.2, 0.25) is 10.0 Å². The van der Waals surface area contributed by atoms with Crippen LogP contribution in [0.3, 0.4) is 0 Å². The van der Waals surface area contributed by atoms with Gasteiger partial charge in [0.1, 0.15) is 5.75 Å². The molecule has 2 fully saturated rings. The van der Waals surface area contributed by atoms with Crippen molar-refractivity contribution in [3.63, 3.8) is 0 Å². The van der Waals surface area contributed by atoms with E-state index >= 15 is 0 Å². The van der Waals surface area contributed by atoms with Gasteiger partial charge in [-0.15, -0.1) is 11.8 Å². The second-order valence-electron chi connectivity index (χ2n) is 8.36. The number of amides is 1. The molecular formula is C25H26N2O4S2. The van der Waals surface area contributed by atoms with Crippen LogP contribution in [0.2, 0.25) is 0 Å². The van der Waals surface area contributed by atoms with E-state index in [0.717, 1.165) is 16.5 Å². The number of fused-ring (bicyclic) bond motifs is 1. The molecule has 1 amide bonds. The van der Waals surface area contributed by atoms with Crippen molar-refractivity contribution >= 4 is 38.5 Å². The Morgan fingerprint density at radius 3 is 2.36 bits per heavy atom. The number of rotatable bonds is 4. The highest BCUT2D eigenvalue weighted by Gasteiger charge is 2.48. The Kier molecular flexibility index (Phi) is 5.84. The first-order valence-electron chi connectivity index (χ1n) is 11.0. The van der Waals surface area contributed by atoms with Gasteiger partial charge in [-0.25, -0.2) is 8.42 Å². The highest BCUT2D eigenvalue weighted by molar-refractivity contribution is 8.00. The fourth-order valence-corrected chi connectivity index (χ4v) is 7.95. The molecule has 6 nitrogen and oxygen atoms in total. The van der Waals surface area contributed by atoms with Crippen LogP contribution in [0.1, 0.15) is 23.2 Å². The van der Waals surface area contributed by atoms with Crippen molar-refractivity contribution in [3.8, 4) is 5.75 Å². The van der Waals surface area contributed by atoms with E-state index in [1.165, 1.54) is 0 Å². The van der Waals surface area contributed by atoms with Crippen LogP contribution in [0.5, 0.6) is 5.75 Å². The Morgan fingerprint density at radius 1 is 0.939 bits per heavy atom. The quantitative estimate of drug-likeness (QED) is 0.557. The number of hydrogen-bond donors (Lipinski definition) is 0. The zero-order valence-corrected chi connectivity index (χ0v) is 20.1. The van der Waals surface area contributed by atoms with Crippen molar-refractivity contribution < 1.29 is 17.9 Å². The molecule has 2 aliphatic heterocycles. The Hall–Kier alpha value is -2.55. The first kappa shape index (κ1) is 22.3. The number of nitrogens with zero attached hydrogens (tertiary/aromatic N) is 2. The average molecular weight is 483 g/mol. The third kappa shape index (κ3) is 3.90. The standard InChI is InChI=1S/C25H26N2O4S2/c1-31-21-11-9-20(10-12-21)24(28)27-17-18-32-25(27)13-15-26(16-14-25)33(29,30)23-8-4-6-19-5-2-3-7-22(19)23/h2-12H,13-18H2,1H3. The maximum absolute atomic E-state index is 13.5. The van der Waals surface area contributed by atoms with Crippen molar-refractivity contribution in [1.82, 2.24) is 9.21 Å². The Labute approximate surface area is 198 Å². The number of ether oxygens (including phenoxy) is 1. The molecule has 0 atom stereocenters. The van der Waals surface area contributed by atoms with Gasteiger partial charge in [0.05, 0.1) is 16.9 Å². The predicted molar refractivity (Wildman–Crippen MR) is 131 cm³/mol. The number of piperidine rings is 1. The first-order valence-corrected chi connectivity index (χ1v) is 13.5. The van der Waals surface area contributed by atoms with Crippen LogP contribution >= 0.6 is 11.8 Å². The van der Waals surface area contributed by atoms with Gasteiger partial charge in [0.15, 0.2) is 0 Å². The molecule has 2 heterocycles. The number of thioether (sulfide) groups is 1. The lowest BCUT2D eigenvalue weighted by Crippen LogP contribution is -2.53. The van der Waals surface area contributed by atoms with Crippen LogP contribution in [0, 0.1) is 0 Å². The molecule has 0 radical (unpaired) electrons. The fourth-order valence-electron chi connectivity index (χ4n) is 4.83. The molecule has 33 heavy (non-hydrogen) atoms. The monoisotopic (exact) mass is 482 g/mol. The molecule has 0 N–H and O–H groups in total. The summed E-state index contributed by atoms with van der Waals surface area (Å²) in [7, 11) is -2.03. The van der Waals surface area contributed by atoms with Gasteiger partial charge in [-0.3, -0.25) is 4.79 Å². The van der Waals surface area contributed by atoms with Gasteiger partial charge in [-0.1, -0.05) is 36.4 Å². The van der Waals surface area contributed by atoms with Crippen LogP contribution in [0.15, 0.2) is 71.6 Å². The van der Waals surface area contributed by atoms with Crippen LogP contribution in [-0.2, 0) is 10.0 Å². The third-order valence-electron chi connectivity index (χ3n) is 6.63. The summed E-state index contributed by atoms with van der Waals surface area (Å²) in [5.41, 5.74) is 0.628. The van der Waals surface area contributed by atoms with Crippen molar-refractivity contribution in [2.45, 2.75) is 22.6 Å². The molecule has 172 valence electrons. The lowest BCUT2D eigenvalue weighted by Gasteiger charge is -2.43. The molecule has 2 aliphatic rings. The van der Waals surface area contributed by atoms with E-state index in [2.05, 4.69) is 0 Å². The van der Waals surface area contributed by atoms with E-state index in [1.54, 1.807) is 59.6 Å². The lowest BCUT2D eigenvalue weighted by molar-refractivity contribution is 0.0605. The topological polar surface area (TPSA) is 66.9 Å². The number of sulfonamides is 1. The van der Waals surface area contributed by atoms with E-state index in [0.29, 0.717) is 48.7 Å². The minimum Gasteiger partial charge on any atom is -0.497 e. The van der Waals surface area contributed by atoms with E-state index in [9.17, 15) is 13.2 Å². The second kappa shape index (κ2) is 8.66. The minimum atomic E-state index is -3.63. The highest BCUT2D eigenvalue weighted by atomic mass is 32.2. The molecule has 0 bridgehead atoms. The molecular weight excluding hydrogens is 456 g/mol. The molecule has 5 rings (SSSR count). The van der Waals surface area contributed by atoms with Gasteiger partial charge in [-0.2, -0.15) is 4.31 Å². The molecule has 3 aromatic carbocycles. The van der Waals surface area contributed by atoms with Gasteiger partial charge in [0, 0.05) is 36.3 Å². The SMILES string of the molecule is COc1ccc(C(=O)N2CCSC23CCN(S(=O)(=O)c2cccc4ccccc24)CC3)cc1. The minimum absolute atomic E-state index is 0.00647. The average Bonchev–Trinajstić information content (AvgIpc) is 3.26. The van der Waals surface area contributed by atoms with Crippen molar-refractivity contribution in [3.05, 3.63) is 72.3 Å². The van der Waals surface area contributed by atoms with Gasteiger partial charge >= 0.3 is 0 Å². The van der Waals surface area contributed by atoms with Crippen molar-refractivity contribution in [2.75, 3.05) is 32.5 Å². The van der Waals surface area contributed by atoms with Gasteiger partial charge in [0.25, 0.3) is 5.91 Å². The third-order valence-corrected chi connectivity index (χ3v) is 10.1. The molecule has 8 heteroatoms. The Balaban J connectivity index is 1.36. The van der Waals surface area contributed by atoms with Crippen molar-refractivity contribution in [2.24, 2.45) is 0 Å². The highest BCUT2D eigenvalue weighted by Crippen LogP contribution is 2.45. The summed E-state index contributed by atoms with van der Waals surface area (Å²) in [6, 6.07) is 20.1. The summed E-state index contributed by atoms with van der Waals surface area (Å²) in [6.07, 6.45) is 1.23. The number of benzene rings is 3. The Bertz CT molecular complexity index is 1280. The number of carbonyl (C=O) groups excluding carboxylic acids is 1. The predicted octanol–water partition coefficient (Wildman–Crippen LogP) is 4.22. The van der Waals surface area contributed by atoms with Crippen LogP contribution in [-0.4, -0.2) is 60.9 Å². The summed E-state index contributed by atoms with van der Waals surface area (Å²) >= 11 is 1.77. The first-order chi connectivity index (χ1) is 15.9. The summed E-state index contributed by atoms with van der Waals surface area (Å²) in [5.74, 6) is 1.56. The van der Waals surface area contributed by atoms with Crippen LogP contribution in [0.25, 0.3) is 10.8 Å². The number of carbonyl (C=O) groups is 1. The van der Waals surface area contributed by atoms with Crippen LogP contribution < -0.4 is 4.74 Å². The van der Waals surface area contributed by atoms with Crippen LogP contribution in [0.4, 0.5) is 0 Å². The molecule has 0 unspecified atom stereocenters. The summed E-state index contributed by atoms with van der Waals surface area (Å²) in [4.78, 5) is 15.2. The largest absolute Gasteiger partial charge is 0.497 e. The van der Waals surface area contributed by atoms with Gasteiger partial charge in [-0.05, 0) is 48.6 Å². The fraction of sp³-hybridized carbons (Fsp3) is 0.320.